The summed E-state index contributed by atoms with van der Waals surface area (Å²) in [7, 11) is 0. The Morgan fingerprint density at radius 1 is 1.26 bits per heavy atom. The van der Waals surface area contributed by atoms with Crippen molar-refractivity contribution in [2.75, 3.05) is 0 Å². The second-order valence-electron chi connectivity index (χ2n) is 5.38. The van der Waals surface area contributed by atoms with Crippen LogP contribution in [-0.2, 0) is 0 Å². The molecule has 0 fully saturated rings. The van der Waals surface area contributed by atoms with Crippen molar-refractivity contribution >= 4 is 38.6 Å². The molecule has 5 heteroatoms. The fraction of sp³-hybridized carbons (Fsp3) is 0.111. The zero-order valence-corrected chi connectivity index (χ0v) is 14.2. The molecule has 3 nitrogen and oxygen atoms in total. The molecule has 0 atom stereocenters. The van der Waals surface area contributed by atoms with Gasteiger partial charge in [-0.25, -0.2) is 9.37 Å². The van der Waals surface area contributed by atoms with Gasteiger partial charge in [0.25, 0.3) is 0 Å². The van der Waals surface area contributed by atoms with E-state index in [2.05, 4.69) is 32.0 Å². The summed E-state index contributed by atoms with van der Waals surface area (Å²) < 4.78 is 13.7. The first kappa shape index (κ1) is 15.4. The van der Waals surface area contributed by atoms with Crippen LogP contribution in [0.3, 0.4) is 0 Å². The summed E-state index contributed by atoms with van der Waals surface area (Å²) in [6.07, 6.45) is 1.68. The Morgan fingerprint density at radius 3 is 2.70 bits per heavy atom. The van der Waals surface area contributed by atoms with Crippen LogP contribution in [0.5, 0.6) is 0 Å². The zero-order valence-electron chi connectivity index (χ0n) is 12.6. The van der Waals surface area contributed by atoms with Gasteiger partial charge in [0, 0.05) is 0 Å². The second-order valence-corrected chi connectivity index (χ2v) is 6.24. The van der Waals surface area contributed by atoms with Gasteiger partial charge < -0.3 is 4.98 Å². The summed E-state index contributed by atoms with van der Waals surface area (Å²) >= 11 is 3.15. The van der Waals surface area contributed by atoms with Crippen LogP contribution in [0.4, 0.5) is 4.39 Å². The SMILES string of the molecule is Cc1cc2nc(C(C#N)=Cc3ccc(F)c(Br)c3)[nH]c2cc1C. The Morgan fingerprint density at radius 2 is 2.00 bits per heavy atom. The number of allylic oxidation sites excluding steroid dienone is 1. The van der Waals surface area contributed by atoms with E-state index in [-0.39, 0.29) is 5.82 Å². The van der Waals surface area contributed by atoms with E-state index in [9.17, 15) is 9.65 Å². The molecule has 1 N–H and O–H groups in total. The van der Waals surface area contributed by atoms with E-state index >= 15 is 0 Å². The molecule has 0 radical (unpaired) electrons. The van der Waals surface area contributed by atoms with Gasteiger partial charge in [0.1, 0.15) is 17.7 Å². The lowest BCUT2D eigenvalue weighted by molar-refractivity contribution is 0.621. The molecule has 2 aromatic carbocycles. The molecule has 1 heterocycles. The third kappa shape index (κ3) is 3.03. The first-order valence-corrected chi connectivity index (χ1v) is 7.81. The highest BCUT2D eigenvalue weighted by molar-refractivity contribution is 9.10. The van der Waals surface area contributed by atoms with Gasteiger partial charge in [0.15, 0.2) is 0 Å². The molecule has 0 spiro atoms. The minimum Gasteiger partial charge on any atom is -0.337 e. The van der Waals surface area contributed by atoms with Crippen molar-refractivity contribution < 1.29 is 4.39 Å². The summed E-state index contributed by atoms with van der Waals surface area (Å²) in [6.45, 7) is 4.06. The maximum absolute atomic E-state index is 13.3. The Bertz CT molecular complexity index is 941. The van der Waals surface area contributed by atoms with Gasteiger partial charge in [-0.3, -0.25) is 0 Å². The van der Waals surface area contributed by atoms with E-state index in [1.165, 1.54) is 6.07 Å². The molecule has 0 aliphatic heterocycles. The summed E-state index contributed by atoms with van der Waals surface area (Å²) in [6, 6.07) is 10.8. The molecule has 0 amide bonds. The van der Waals surface area contributed by atoms with Gasteiger partial charge in [-0.1, -0.05) is 6.07 Å². The number of aryl methyl sites for hydroxylation is 2. The average Bonchev–Trinajstić information content (AvgIpc) is 2.91. The molecular weight excluding hydrogens is 357 g/mol. The molecule has 0 saturated heterocycles. The van der Waals surface area contributed by atoms with Gasteiger partial charge in [-0.15, -0.1) is 0 Å². The van der Waals surface area contributed by atoms with Crippen LogP contribution in [0.2, 0.25) is 0 Å². The third-order valence-corrected chi connectivity index (χ3v) is 4.34. The topological polar surface area (TPSA) is 52.5 Å². The molecule has 114 valence electrons. The summed E-state index contributed by atoms with van der Waals surface area (Å²) in [5.74, 6) is 0.170. The van der Waals surface area contributed by atoms with Crippen LogP contribution in [0.15, 0.2) is 34.8 Å². The molecule has 1 aromatic heterocycles. The molecule has 0 aliphatic carbocycles. The predicted octanol–water partition coefficient (Wildman–Crippen LogP) is 5.15. The Kier molecular flexibility index (Phi) is 4.01. The highest BCUT2D eigenvalue weighted by Crippen LogP contribution is 2.23. The number of H-pyrrole nitrogens is 1. The molecule has 0 saturated carbocycles. The number of aromatic amines is 1. The smallest absolute Gasteiger partial charge is 0.149 e. The Hall–Kier alpha value is -2.45. The van der Waals surface area contributed by atoms with Crippen molar-refractivity contribution in [2.45, 2.75) is 13.8 Å². The number of hydrogen-bond acceptors (Lipinski definition) is 2. The van der Waals surface area contributed by atoms with Gasteiger partial charge in [-0.2, -0.15) is 5.26 Å². The largest absolute Gasteiger partial charge is 0.337 e. The van der Waals surface area contributed by atoms with E-state index in [0.717, 1.165) is 27.7 Å². The molecule has 0 unspecified atom stereocenters. The number of rotatable bonds is 2. The van der Waals surface area contributed by atoms with Crippen LogP contribution in [0.1, 0.15) is 22.5 Å². The van der Waals surface area contributed by atoms with Gasteiger partial charge >= 0.3 is 0 Å². The lowest BCUT2D eigenvalue weighted by atomic mass is 10.1. The minimum absolute atomic E-state index is 0.338. The minimum atomic E-state index is -0.338. The molecule has 3 aromatic rings. The number of halogens is 2. The van der Waals surface area contributed by atoms with Crippen molar-refractivity contribution in [1.82, 2.24) is 9.97 Å². The monoisotopic (exact) mass is 369 g/mol. The van der Waals surface area contributed by atoms with E-state index in [1.54, 1.807) is 18.2 Å². The molecule has 23 heavy (non-hydrogen) atoms. The van der Waals surface area contributed by atoms with Gasteiger partial charge in [-0.05, 0) is 76.8 Å². The van der Waals surface area contributed by atoms with Gasteiger partial charge in [0.2, 0.25) is 0 Å². The van der Waals surface area contributed by atoms with Crippen LogP contribution in [0.25, 0.3) is 22.7 Å². The second kappa shape index (κ2) is 5.98. The Balaban J connectivity index is 2.08. The molecule has 0 aliphatic rings. The van der Waals surface area contributed by atoms with E-state index in [1.807, 2.05) is 26.0 Å². The number of benzene rings is 2. The fourth-order valence-corrected chi connectivity index (χ4v) is 2.72. The number of hydrogen-bond donors (Lipinski definition) is 1. The van der Waals surface area contributed by atoms with Crippen molar-refractivity contribution in [3.05, 3.63) is 63.1 Å². The first-order valence-electron chi connectivity index (χ1n) is 7.02. The number of nitrogens with one attached hydrogen (secondary N) is 1. The maximum atomic E-state index is 13.3. The molecule has 0 bridgehead atoms. The fourth-order valence-electron chi connectivity index (χ4n) is 2.32. The standard InChI is InChI=1S/C18H13BrFN3/c1-10-5-16-17(6-11(10)2)23-18(22-16)13(9-21)7-12-3-4-15(20)14(19)8-12/h3-8H,1-2H3,(H,22,23). The Labute approximate surface area is 141 Å². The number of nitrogens with zero attached hydrogens (tertiary/aromatic N) is 2. The highest BCUT2D eigenvalue weighted by Gasteiger charge is 2.10. The first-order chi connectivity index (χ1) is 11.0. The molecule has 3 rings (SSSR count). The number of aromatic nitrogens is 2. The zero-order chi connectivity index (χ0) is 16.6. The van der Waals surface area contributed by atoms with E-state index in [4.69, 9.17) is 0 Å². The van der Waals surface area contributed by atoms with Crippen LogP contribution < -0.4 is 0 Å². The van der Waals surface area contributed by atoms with Crippen LogP contribution in [-0.4, -0.2) is 9.97 Å². The summed E-state index contributed by atoms with van der Waals surface area (Å²) in [4.78, 5) is 7.66. The average molecular weight is 370 g/mol. The summed E-state index contributed by atoms with van der Waals surface area (Å²) in [5, 5.41) is 9.43. The number of nitriles is 1. The maximum Gasteiger partial charge on any atom is 0.149 e. The van der Waals surface area contributed by atoms with Crippen molar-refractivity contribution in [3.63, 3.8) is 0 Å². The van der Waals surface area contributed by atoms with Crippen molar-refractivity contribution in [3.8, 4) is 6.07 Å². The van der Waals surface area contributed by atoms with Crippen molar-refractivity contribution in [2.24, 2.45) is 0 Å². The normalized spacial score (nSPS) is 11.7. The van der Waals surface area contributed by atoms with E-state index < -0.39 is 0 Å². The van der Waals surface area contributed by atoms with Crippen molar-refractivity contribution in [1.29, 1.82) is 5.26 Å². The summed E-state index contributed by atoms with van der Waals surface area (Å²) in [5.41, 5.74) is 5.16. The lowest BCUT2D eigenvalue weighted by Crippen LogP contribution is -1.86. The predicted molar refractivity (Wildman–Crippen MR) is 93.2 cm³/mol. The number of fused-ring (bicyclic) bond motifs is 1. The van der Waals surface area contributed by atoms with Crippen LogP contribution in [0, 0.1) is 31.0 Å². The molecular formula is C18H13BrFN3. The third-order valence-electron chi connectivity index (χ3n) is 3.73. The van der Waals surface area contributed by atoms with Crippen LogP contribution >= 0.6 is 15.9 Å². The number of imidazole rings is 1. The van der Waals surface area contributed by atoms with E-state index in [0.29, 0.717) is 15.9 Å². The highest BCUT2D eigenvalue weighted by atomic mass is 79.9. The quantitative estimate of drug-likeness (QED) is 0.635. The lowest BCUT2D eigenvalue weighted by Gasteiger charge is -1.98. The van der Waals surface area contributed by atoms with Gasteiger partial charge in [0.05, 0.1) is 21.1 Å².